The van der Waals surface area contributed by atoms with Crippen LogP contribution < -0.4 is 15.6 Å². The van der Waals surface area contributed by atoms with Crippen LogP contribution in [0, 0.1) is 5.82 Å². The second-order valence-corrected chi connectivity index (χ2v) is 6.58. The summed E-state index contributed by atoms with van der Waals surface area (Å²) in [6.07, 6.45) is 1.29. The molecule has 1 amide bonds. The molecule has 0 aliphatic rings. The lowest BCUT2D eigenvalue weighted by Gasteiger charge is -2.13. The first-order valence-electron chi connectivity index (χ1n) is 9.03. The minimum atomic E-state index is -0.526. The van der Waals surface area contributed by atoms with Gasteiger partial charge in [-0.25, -0.2) is 9.37 Å². The molecule has 0 aliphatic heterocycles. The molecule has 0 saturated carbocycles. The summed E-state index contributed by atoms with van der Waals surface area (Å²) in [5, 5.41) is 4.97. The SMILES string of the molecule is COc1ccc2ccccc2c1CNC(=O)Cn1cnc2ccc(F)cc2c1=O. The number of benzene rings is 3. The van der Waals surface area contributed by atoms with Gasteiger partial charge in [0.25, 0.3) is 5.56 Å². The molecule has 4 rings (SSSR count). The van der Waals surface area contributed by atoms with E-state index in [-0.39, 0.29) is 24.4 Å². The van der Waals surface area contributed by atoms with E-state index < -0.39 is 11.4 Å². The van der Waals surface area contributed by atoms with Gasteiger partial charge in [-0.15, -0.1) is 0 Å². The number of halogens is 1. The van der Waals surface area contributed by atoms with E-state index in [1.165, 1.54) is 18.5 Å². The summed E-state index contributed by atoms with van der Waals surface area (Å²) in [6.45, 7) is 0.0269. The van der Waals surface area contributed by atoms with Gasteiger partial charge in [0.1, 0.15) is 18.1 Å². The Hall–Kier alpha value is -3.74. The molecule has 3 aromatic carbocycles. The Kier molecular flexibility index (Phi) is 4.95. The molecule has 7 heteroatoms. The summed E-state index contributed by atoms with van der Waals surface area (Å²) in [5.41, 5.74) is 0.769. The number of fused-ring (bicyclic) bond motifs is 2. The fourth-order valence-electron chi connectivity index (χ4n) is 3.33. The average molecular weight is 391 g/mol. The largest absolute Gasteiger partial charge is 0.496 e. The van der Waals surface area contributed by atoms with Crippen LogP contribution in [0.1, 0.15) is 5.56 Å². The summed E-state index contributed by atoms with van der Waals surface area (Å²) >= 11 is 0. The zero-order valence-corrected chi connectivity index (χ0v) is 15.7. The molecular weight excluding hydrogens is 373 g/mol. The molecule has 0 radical (unpaired) electrons. The maximum Gasteiger partial charge on any atom is 0.261 e. The molecule has 0 spiro atoms. The number of aromatic nitrogens is 2. The Labute approximate surface area is 165 Å². The highest BCUT2D eigenvalue weighted by Gasteiger charge is 2.12. The third-order valence-electron chi connectivity index (χ3n) is 4.78. The van der Waals surface area contributed by atoms with Crippen LogP contribution in [0.4, 0.5) is 4.39 Å². The second kappa shape index (κ2) is 7.71. The molecule has 0 aliphatic carbocycles. The Morgan fingerprint density at radius 3 is 2.79 bits per heavy atom. The lowest BCUT2D eigenvalue weighted by atomic mass is 10.0. The number of methoxy groups -OCH3 is 1. The van der Waals surface area contributed by atoms with Gasteiger partial charge in [-0.05, 0) is 35.0 Å². The molecule has 0 unspecified atom stereocenters. The third kappa shape index (κ3) is 3.67. The van der Waals surface area contributed by atoms with Crippen molar-refractivity contribution in [3.63, 3.8) is 0 Å². The number of rotatable bonds is 5. The lowest BCUT2D eigenvalue weighted by Crippen LogP contribution is -2.32. The van der Waals surface area contributed by atoms with E-state index in [0.29, 0.717) is 11.3 Å². The van der Waals surface area contributed by atoms with Crippen LogP contribution in [0.25, 0.3) is 21.7 Å². The van der Waals surface area contributed by atoms with Crippen LogP contribution in [0.15, 0.2) is 65.7 Å². The van der Waals surface area contributed by atoms with Crippen LogP contribution in [-0.4, -0.2) is 22.6 Å². The number of nitrogens with zero attached hydrogens (tertiary/aromatic N) is 2. The smallest absolute Gasteiger partial charge is 0.261 e. The molecular formula is C22H18FN3O3. The highest BCUT2D eigenvalue weighted by atomic mass is 19.1. The van der Waals surface area contributed by atoms with Crippen LogP contribution in [-0.2, 0) is 17.9 Å². The van der Waals surface area contributed by atoms with Gasteiger partial charge in [0.2, 0.25) is 5.91 Å². The fraction of sp³-hybridized carbons (Fsp3) is 0.136. The van der Waals surface area contributed by atoms with Crippen molar-refractivity contribution in [2.75, 3.05) is 7.11 Å². The van der Waals surface area contributed by atoms with Crippen LogP contribution in [0.3, 0.4) is 0 Å². The van der Waals surface area contributed by atoms with Gasteiger partial charge in [-0.1, -0.05) is 30.3 Å². The molecule has 1 N–H and O–H groups in total. The Balaban J connectivity index is 1.56. The molecule has 29 heavy (non-hydrogen) atoms. The van der Waals surface area contributed by atoms with Crippen molar-refractivity contribution in [1.29, 1.82) is 0 Å². The Bertz CT molecular complexity index is 1280. The van der Waals surface area contributed by atoms with Gasteiger partial charge < -0.3 is 10.1 Å². The van der Waals surface area contributed by atoms with E-state index in [9.17, 15) is 14.0 Å². The summed E-state index contributed by atoms with van der Waals surface area (Å²) in [5.74, 6) is -0.217. The molecule has 0 saturated heterocycles. The minimum Gasteiger partial charge on any atom is -0.496 e. The van der Waals surface area contributed by atoms with Gasteiger partial charge in [-0.2, -0.15) is 0 Å². The number of ether oxygens (including phenoxy) is 1. The third-order valence-corrected chi connectivity index (χ3v) is 4.78. The summed E-state index contributed by atoms with van der Waals surface area (Å²) < 4.78 is 20.0. The van der Waals surface area contributed by atoms with E-state index in [1.807, 2.05) is 36.4 Å². The number of carbonyl (C=O) groups excluding carboxylic acids is 1. The summed E-state index contributed by atoms with van der Waals surface area (Å²) in [7, 11) is 1.58. The molecule has 0 fully saturated rings. The zero-order chi connectivity index (χ0) is 20.4. The highest BCUT2D eigenvalue weighted by Crippen LogP contribution is 2.27. The highest BCUT2D eigenvalue weighted by molar-refractivity contribution is 5.88. The number of hydrogen-bond donors (Lipinski definition) is 1. The first kappa shape index (κ1) is 18.6. The molecule has 4 aromatic rings. The quantitative estimate of drug-likeness (QED) is 0.568. The number of nitrogens with one attached hydrogen (secondary N) is 1. The van der Waals surface area contributed by atoms with Gasteiger partial charge in [-0.3, -0.25) is 14.2 Å². The van der Waals surface area contributed by atoms with Crippen molar-refractivity contribution in [2.24, 2.45) is 0 Å². The number of amides is 1. The van der Waals surface area contributed by atoms with E-state index in [2.05, 4.69) is 10.3 Å². The van der Waals surface area contributed by atoms with Crippen molar-refractivity contribution in [1.82, 2.24) is 14.9 Å². The van der Waals surface area contributed by atoms with Gasteiger partial charge >= 0.3 is 0 Å². The first-order valence-corrected chi connectivity index (χ1v) is 9.03. The van der Waals surface area contributed by atoms with E-state index in [1.54, 1.807) is 7.11 Å². The number of hydrogen-bond acceptors (Lipinski definition) is 4. The Morgan fingerprint density at radius 2 is 1.97 bits per heavy atom. The molecule has 6 nitrogen and oxygen atoms in total. The van der Waals surface area contributed by atoms with Crippen molar-refractivity contribution < 1.29 is 13.9 Å². The predicted octanol–water partition coefficient (Wildman–Crippen LogP) is 3.01. The molecule has 1 heterocycles. The standard InChI is InChI=1S/C22H18FN3O3/c1-29-20-9-6-14-4-2-3-5-16(14)18(20)11-24-21(27)12-26-13-25-19-8-7-15(23)10-17(19)22(26)28/h2-10,13H,11-12H2,1H3,(H,24,27). The second-order valence-electron chi connectivity index (χ2n) is 6.58. The van der Waals surface area contributed by atoms with Gasteiger partial charge in [0.05, 0.1) is 24.3 Å². The molecule has 146 valence electrons. The predicted molar refractivity (Wildman–Crippen MR) is 108 cm³/mol. The fourth-order valence-corrected chi connectivity index (χ4v) is 3.33. The topological polar surface area (TPSA) is 73.2 Å². The van der Waals surface area contributed by atoms with Crippen molar-refractivity contribution in [3.05, 3.63) is 82.7 Å². The van der Waals surface area contributed by atoms with E-state index in [0.717, 1.165) is 27.0 Å². The van der Waals surface area contributed by atoms with Gasteiger partial charge in [0.15, 0.2) is 0 Å². The van der Waals surface area contributed by atoms with Crippen LogP contribution in [0.5, 0.6) is 5.75 Å². The average Bonchev–Trinajstić information content (AvgIpc) is 2.74. The minimum absolute atomic E-state index is 0.135. The van der Waals surface area contributed by atoms with E-state index >= 15 is 0 Å². The number of carbonyl (C=O) groups is 1. The molecule has 0 atom stereocenters. The van der Waals surface area contributed by atoms with E-state index in [4.69, 9.17) is 4.74 Å². The normalized spacial score (nSPS) is 11.0. The molecule has 0 bridgehead atoms. The van der Waals surface area contributed by atoms with Crippen LogP contribution in [0.2, 0.25) is 0 Å². The Morgan fingerprint density at radius 1 is 1.14 bits per heavy atom. The maximum absolute atomic E-state index is 13.5. The van der Waals surface area contributed by atoms with Crippen molar-refractivity contribution >= 4 is 27.6 Å². The van der Waals surface area contributed by atoms with Crippen molar-refractivity contribution in [2.45, 2.75) is 13.1 Å². The molecule has 1 aromatic heterocycles. The first-order chi connectivity index (χ1) is 14.1. The maximum atomic E-state index is 13.5. The zero-order valence-electron chi connectivity index (χ0n) is 15.7. The summed E-state index contributed by atoms with van der Waals surface area (Å²) in [6, 6.07) is 15.4. The van der Waals surface area contributed by atoms with Crippen molar-refractivity contribution in [3.8, 4) is 5.75 Å². The van der Waals surface area contributed by atoms with Gasteiger partial charge in [0, 0.05) is 12.1 Å². The van der Waals surface area contributed by atoms with Crippen LogP contribution >= 0.6 is 0 Å². The monoisotopic (exact) mass is 391 g/mol. The summed E-state index contributed by atoms with van der Waals surface area (Å²) in [4.78, 5) is 29.1. The lowest BCUT2D eigenvalue weighted by molar-refractivity contribution is -0.121.